The highest BCUT2D eigenvalue weighted by Gasteiger charge is 2.34. The highest BCUT2D eigenvalue weighted by Crippen LogP contribution is 2.29. The molecule has 1 N–H and O–H groups in total. The molecule has 2 unspecified atom stereocenters. The molecule has 0 radical (unpaired) electrons. The van der Waals surface area contributed by atoms with Crippen LogP contribution in [0, 0.1) is 5.82 Å². The zero-order valence-corrected chi connectivity index (χ0v) is 18.2. The van der Waals surface area contributed by atoms with Crippen molar-refractivity contribution in [3.05, 3.63) is 45.7 Å². The Labute approximate surface area is 184 Å². The molecular formula is C21H25ClF2N4OS. The van der Waals surface area contributed by atoms with Crippen LogP contribution in [0.5, 0.6) is 0 Å². The van der Waals surface area contributed by atoms with E-state index in [-0.39, 0.29) is 18.5 Å². The number of aromatic nitrogens is 1. The van der Waals surface area contributed by atoms with Crippen molar-refractivity contribution in [2.24, 2.45) is 0 Å². The van der Waals surface area contributed by atoms with Gasteiger partial charge in [-0.05, 0) is 50.6 Å². The number of nitrogens with one attached hydrogen (secondary N) is 1. The van der Waals surface area contributed by atoms with E-state index >= 15 is 0 Å². The van der Waals surface area contributed by atoms with E-state index < -0.39 is 12.0 Å². The van der Waals surface area contributed by atoms with Crippen molar-refractivity contribution < 1.29 is 13.6 Å². The van der Waals surface area contributed by atoms with Crippen LogP contribution < -0.4 is 10.2 Å². The fourth-order valence-corrected chi connectivity index (χ4v) is 5.25. The van der Waals surface area contributed by atoms with Crippen LogP contribution >= 0.6 is 22.9 Å². The third-order valence-electron chi connectivity index (χ3n) is 5.80. The number of carbonyl (C=O) groups is 1. The Kier molecular flexibility index (Phi) is 6.85. The van der Waals surface area contributed by atoms with E-state index in [9.17, 15) is 13.6 Å². The Hall–Kier alpha value is -1.77. The Morgan fingerprint density at radius 2 is 2.07 bits per heavy atom. The maximum absolute atomic E-state index is 14.9. The first-order chi connectivity index (χ1) is 14.5. The molecule has 9 heteroatoms. The fraction of sp³-hybridized carbons (Fsp3) is 0.524. The van der Waals surface area contributed by atoms with Gasteiger partial charge >= 0.3 is 0 Å². The van der Waals surface area contributed by atoms with Crippen molar-refractivity contribution in [1.29, 1.82) is 0 Å². The average molecular weight is 455 g/mol. The minimum Gasteiger partial charge on any atom is -0.347 e. The number of piperidine rings is 2. The van der Waals surface area contributed by atoms with Gasteiger partial charge in [0.2, 0.25) is 0 Å². The number of likely N-dealkylation sites (tertiary alicyclic amines) is 1. The largest absolute Gasteiger partial charge is 0.347 e. The number of benzene rings is 1. The second-order valence-corrected chi connectivity index (χ2v) is 9.29. The lowest BCUT2D eigenvalue weighted by Crippen LogP contribution is -2.53. The minimum absolute atomic E-state index is 0.0168. The summed E-state index contributed by atoms with van der Waals surface area (Å²) in [7, 11) is 0. The SMILES string of the molecule is O=C(NCc1cc(Cl)ccc1F)c1cnc(N2CCC(N3CCCCC3)C(F)C2)s1. The third kappa shape index (κ3) is 4.92. The smallest absolute Gasteiger partial charge is 0.263 e. The standard InChI is InChI=1S/C21H25ClF2N4OS/c22-15-4-5-16(23)14(10-15)11-25-20(29)19-12-26-21(30-19)28-9-6-18(17(24)13-28)27-7-2-1-3-8-27/h4-5,10,12,17-18H,1-3,6-9,11,13H2,(H,25,29). The normalized spacial score (nSPS) is 22.8. The Bertz CT molecular complexity index is 890. The molecule has 1 aromatic carbocycles. The molecule has 2 saturated heterocycles. The van der Waals surface area contributed by atoms with Crippen LogP contribution in [-0.2, 0) is 6.54 Å². The molecule has 0 saturated carbocycles. The molecule has 1 aromatic heterocycles. The van der Waals surface area contributed by atoms with E-state index in [1.165, 1.54) is 42.2 Å². The Morgan fingerprint density at radius 1 is 1.27 bits per heavy atom. The number of amides is 1. The van der Waals surface area contributed by atoms with E-state index in [2.05, 4.69) is 15.2 Å². The molecule has 4 rings (SSSR count). The predicted molar refractivity (Wildman–Crippen MR) is 116 cm³/mol. The van der Waals surface area contributed by atoms with Crippen LogP contribution in [0.2, 0.25) is 5.02 Å². The van der Waals surface area contributed by atoms with Crippen molar-refractivity contribution in [2.75, 3.05) is 31.1 Å². The van der Waals surface area contributed by atoms with Gasteiger partial charge in [-0.15, -0.1) is 0 Å². The van der Waals surface area contributed by atoms with Crippen molar-refractivity contribution in [3.63, 3.8) is 0 Å². The number of hydrogen-bond donors (Lipinski definition) is 1. The molecule has 2 aliphatic rings. The van der Waals surface area contributed by atoms with Gasteiger partial charge in [0.1, 0.15) is 16.9 Å². The molecule has 0 bridgehead atoms. The first-order valence-electron chi connectivity index (χ1n) is 10.3. The summed E-state index contributed by atoms with van der Waals surface area (Å²) in [5.41, 5.74) is 0.320. The van der Waals surface area contributed by atoms with Crippen LogP contribution in [-0.4, -0.2) is 54.2 Å². The molecule has 1 amide bonds. The van der Waals surface area contributed by atoms with Gasteiger partial charge in [-0.25, -0.2) is 13.8 Å². The van der Waals surface area contributed by atoms with Crippen LogP contribution in [0.15, 0.2) is 24.4 Å². The maximum atomic E-state index is 14.9. The lowest BCUT2D eigenvalue weighted by molar-refractivity contribution is 0.0767. The highest BCUT2D eigenvalue weighted by molar-refractivity contribution is 7.17. The van der Waals surface area contributed by atoms with Crippen LogP contribution in [0.3, 0.4) is 0 Å². The van der Waals surface area contributed by atoms with Crippen molar-refractivity contribution in [3.8, 4) is 0 Å². The maximum Gasteiger partial charge on any atom is 0.263 e. The number of alkyl halides is 1. The molecule has 2 atom stereocenters. The molecule has 30 heavy (non-hydrogen) atoms. The number of halogens is 3. The van der Waals surface area contributed by atoms with E-state index in [0.29, 0.717) is 27.1 Å². The summed E-state index contributed by atoms with van der Waals surface area (Å²) in [6.07, 6.45) is 4.86. The predicted octanol–water partition coefficient (Wildman–Crippen LogP) is 4.27. The summed E-state index contributed by atoms with van der Waals surface area (Å²) in [5.74, 6) is -0.756. The molecule has 0 spiro atoms. The molecule has 2 aliphatic heterocycles. The van der Waals surface area contributed by atoms with Crippen molar-refractivity contribution in [2.45, 2.75) is 44.4 Å². The zero-order valence-electron chi connectivity index (χ0n) is 16.6. The van der Waals surface area contributed by atoms with Gasteiger partial charge in [0.15, 0.2) is 5.13 Å². The highest BCUT2D eigenvalue weighted by atomic mass is 35.5. The van der Waals surface area contributed by atoms with Crippen molar-refractivity contribution >= 4 is 34.0 Å². The van der Waals surface area contributed by atoms with Gasteiger partial charge in [0.05, 0.1) is 12.7 Å². The van der Waals surface area contributed by atoms with Crippen molar-refractivity contribution in [1.82, 2.24) is 15.2 Å². The van der Waals surface area contributed by atoms with E-state index in [4.69, 9.17) is 11.6 Å². The topological polar surface area (TPSA) is 48.5 Å². The Morgan fingerprint density at radius 3 is 2.83 bits per heavy atom. The van der Waals surface area contributed by atoms with Gasteiger partial charge in [-0.3, -0.25) is 9.69 Å². The van der Waals surface area contributed by atoms with E-state index in [0.717, 1.165) is 38.9 Å². The first kappa shape index (κ1) is 21.5. The third-order valence-corrected chi connectivity index (χ3v) is 7.09. The number of anilines is 1. The zero-order chi connectivity index (χ0) is 21.1. The molecule has 162 valence electrons. The molecule has 2 aromatic rings. The van der Waals surface area contributed by atoms with Gasteiger partial charge in [-0.1, -0.05) is 29.4 Å². The summed E-state index contributed by atoms with van der Waals surface area (Å²) in [4.78, 5) is 21.4. The van der Waals surface area contributed by atoms with E-state index in [1.54, 1.807) is 0 Å². The molecular weight excluding hydrogens is 430 g/mol. The molecule has 0 aliphatic carbocycles. The molecule has 5 nitrogen and oxygen atoms in total. The van der Waals surface area contributed by atoms with Gasteiger partial charge in [0.25, 0.3) is 5.91 Å². The summed E-state index contributed by atoms with van der Waals surface area (Å²) in [6, 6.07) is 4.21. The monoisotopic (exact) mass is 454 g/mol. The number of rotatable bonds is 5. The van der Waals surface area contributed by atoms with E-state index in [1.807, 2.05) is 4.90 Å². The lowest BCUT2D eigenvalue weighted by Gasteiger charge is -2.42. The van der Waals surface area contributed by atoms with Crippen LogP contribution in [0.1, 0.15) is 40.9 Å². The lowest BCUT2D eigenvalue weighted by atomic mass is 9.98. The molecule has 3 heterocycles. The van der Waals surface area contributed by atoms with Gasteiger partial charge in [-0.2, -0.15) is 0 Å². The van der Waals surface area contributed by atoms with Gasteiger partial charge in [0, 0.05) is 29.7 Å². The number of hydrogen-bond acceptors (Lipinski definition) is 5. The molecule has 2 fully saturated rings. The second-order valence-electron chi connectivity index (χ2n) is 7.84. The van der Waals surface area contributed by atoms with Gasteiger partial charge < -0.3 is 10.2 Å². The summed E-state index contributed by atoms with van der Waals surface area (Å²) in [5, 5.41) is 3.75. The summed E-state index contributed by atoms with van der Waals surface area (Å²) < 4.78 is 28.7. The number of nitrogens with zero attached hydrogens (tertiary/aromatic N) is 3. The average Bonchev–Trinajstić information content (AvgIpc) is 3.25. The van der Waals surface area contributed by atoms with Crippen LogP contribution in [0.4, 0.5) is 13.9 Å². The minimum atomic E-state index is -0.927. The Balaban J connectivity index is 1.33. The quantitative estimate of drug-likeness (QED) is 0.733. The van der Waals surface area contributed by atoms with Crippen LogP contribution in [0.25, 0.3) is 0 Å². The summed E-state index contributed by atoms with van der Waals surface area (Å²) >= 11 is 7.12. The number of carbonyl (C=O) groups excluding carboxylic acids is 1. The first-order valence-corrected chi connectivity index (χ1v) is 11.5. The summed E-state index contributed by atoms with van der Waals surface area (Å²) in [6.45, 7) is 3.03. The fourth-order valence-electron chi connectivity index (χ4n) is 4.19. The second kappa shape index (κ2) is 9.58. The number of thiazole rings is 1.